The van der Waals surface area contributed by atoms with Gasteiger partial charge >= 0.3 is 5.97 Å². The van der Waals surface area contributed by atoms with Crippen molar-refractivity contribution in [1.29, 1.82) is 0 Å². The van der Waals surface area contributed by atoms with Crippen molar-refractivity contribution >= 4 is 39.8 Å². The highest BCUT2D eigenvalue weighted by atomic mass is 79.9. The predicted molar refractivity (Wildman–Crippen MR) is 117 cm³/mol. The second-order valence-electron chi connectivity index (χ2n) is 6.56. The Morgan fingerprint density at radius 1 is 1.17 bits per heavy atom. The van der Waals surface area contributed by atoms with Crippen LogP contribution in [0.3, 0.4) is 0 Å². The molecule has 0 aromatic heterocycles. The van der Waals surface area contributed by atoms with Gasteiger partial charge in [-0.2, -0.15) is 0 Å². The number of likely N-dealkylation sites (N-methyl/N-ethyl adjacent to an activating group) is 1. The van der Waals surface area contributed by atoms with E-state index in [2.05, 4.69) is 20.9 Å². The molecular weight excluding hydrogens is 452 g/mol. The molecule has 0 unspecified atom stereocenters. The standard InChI is InChI=1S/C22H21BrN2O5/c1-4-28-19-11-14(8-9-18(19)29-13-20(26)25(2)3)10-17-22(27)30-21(24-17)15-6-5-7-16(23)12-15/h5-12H,4,13H2,1-3H3/b17-10-. The molecule has 3 rings (SSSR count). The number of rotatable bonds is 7. The van der Waals surface area contributed by atoms with Gasteiger partial charge in [-0.1, -0.05) is 28.1 Å². The Bertz CT molecular complexity index is 1030. The highest BCUT2D eigenvalue weighted by molar-refractivity contribution is 9.10. The van der Waals surface area contributed by atoms with Gasteiger partial charge in [0.25, 0.3) is 5.91 Å². The van der Waals surface area contributed by atoms with Crippen molar-refractivity contribution < 1.29 is 23.8 Å². The van der Waals surface area contributed by atoms with Crippen LogP contribution in [0, 0.1) is 0 Å². The SMILES string of the molecule is CCOc1cc(/C=C2\N=C(c3cccc(Br)c3)OC2=O)ccc1OCC(=O)N(C)C. The summed E-state index contributed by atoms with van der Waals surface area (Å²) in [4.78, 5) is 29.8. The fourth-order valence-electron chi connectivity index (χ4n) is 2.58. The van der Waals surface area contributed by atoms with E-state index >= 15 is 0 Å². The Kier molecular flexibility index (Phi) is 6.89. The summed E-state index contributed by atoms with van der Waals surface area (Å²) in [6.45, 7) is 2.17. The lowest BCUT2D eigenvalue weighted by Gasteiger charge is -2.14. The van der Waals surface area contributed by atoms with Crippen molar-refractivity contribution in [2.24, 2.45) is 4.99 Å². The number of halogens is 1. The number of nitrogens with zero attached hydrogens (tertiary/aromatic N) is 2. The summed E-state index contributed by atoms with van der Waals surface area (Å²) >= 11 is 3.39. The van der Waals surface area contributed by atoms with Crippen LogP contribution < -0.4 is 9.47 Å². The average Bonchev–Trinajstić information content (AvgIpc) is 3.07. The van der Waals surface area contributed by atoms with E-state index < -0.39 is 5.97 Å². The third-order valence-corrected chi connectivity index (χ3v) is 4.61. The fraction of sp³-hybridized carbons (Fsp3) is 0.227. The monoisotopic (exact) mass is 472 g/mol. The Hall–Kier alpha value is -3.13. The number of aliphatic imine (C=N–C) groups is 1. The maximum Gasteiger partial charge on any atom is 0.363 e. The summed E-state index contributed by atoms with van der Waals surface area (Å²) in [5, 5.41) is 0. The molecule has 2 aromatic rings. The van der Waals surface area contributed by atoms with Crippen LogP contribution in [0.4, 0.5) is 0 Å². The van der Waals surface area contributed by atoms with E-state index in [0.717, 1.165) is 4.47 Å². The number of hydrogen-bond acceptors (Lipinski definition) is 6. The van der Waals surface area contributed by atoms with Crippen LogP contribution in [0.5, 0.6) is 11.5 Å². The topological polar surface area (TPSA) is 77.4 Å². The third kappa shape index (κ3) is 5.27. The number of ether oxygens (including phenoxy) is 3. The minimum Gasteiger partial charge on any atom is -0.490 e. The Labute approximate surface area is 183 Å². The van der Waals surface area contributed by atoms with Crippen molar-refractivity contribution in [3.05, 3.63) is 63.8 Å². The van der Waals surface area contributed by atoms with Crippen LogP contribution in [0.1, 0.15) is 18.1 Å². The predicted octanol–water partition coefficient (Wildman–Crippen LogP) is 3.66. The minimum absolute atomic E-state index is 0.0971. The van der Waals surface area contributed by atoms with Crippen LogP contribution >= 0.6 is 15.9 Å². The smallest absolute Gasteiger partial charge is 0.363 e. The van der Waals surface area contributed by atoms with E-state index in [-0.39, 0.29) is 24.1 Å². The van der Waals surface area contributed by atoms with Crippen molar-refractivity contribution in [1.82, 2.24) is 4.90 Å². The average molecular weight is 473 g/mol. The van der Waals surface area contributed by atoms with Gasteiger partial charge in [-0.3, -0.25) is 4.79 Å². The van der Waals surface area contributed by atoms with Crippen molar-refractivity contribution in [2.75, 3.05) is 27.3 Å². The van der Waals surface area contributed by atoms with Crippen LogP contribution in [-0.2, 0) is 14.3 Å². The first kappa shape index (κ1) is 21.6. The van der Waals surface area contributed by atoms with Gasteiger partial charge in [-0.25, -0.2) is 9.79 Å². The summed E-state index contributed by atoms with van der Waals surface area (Å²) in [5.41, 5.74) is 1.57. The summed E-state index contributed by atoms with van der Waals surface area (Å²) in [6.07, 6.45) is 1.62. The quantitative estimate of drug-likeness (QED) is 0.453. The minimum atomic E-state index is -0.528. The van der Waals surface area contributed by atoms with E-state index in [1.165, 1.54) is 4.90 Å². The third-order valence-electron chi connectivity index (χ3n) is 4.11. The van der Waals surface area contributed by atoms with E-state index in [9.17, 15) is 9.59 Å². The van der Waals surface area contributed by atoms with Gasteiger partial charge in [-0.15, -0.1) is 0 Å². The molecule has 0 saturated carbocycles. The normalized spacial score (nSPS) is 14.3. The first-order chi connectivity index (χ1) is 14.4. The maximum atomic E-state index is 12.3. The Balaban J connectivity index is 1.84. The van der Waals surface area contributed by atoms with Gasteiger partial charge in [-0.05, 0) is 48.9 Å². The van der Waals surface area contributed by atoms with Crippen LogP contribution in [0.15, 0.2) is 57.6 Å². The maximum absolute atomic E-state index is 12.3. The molecule has 1 amide bonds. The lowest BCUT2D eigenvalue weighted by Crippen LogP contribution is -2.27. The zero-order chi connectivity index (χ0) is 21.7. The van der Waals surface area contributed by atoms with Gasteiger partial charge in [0.2, 0.25) is 5.90 Å². The molecule has 1 aliphatic rings. The molecule has 0 fully saturated rings. The molecule has 1 heterocycles. The largest absolute Gasteiger partial charge is 0.490 e. The molecule has 1 aliphatic heterocycles. The molecule has 8 heteroatoms. The molecule has 0 N–H and O–H groups in total. The first-order valence-electron chi connectivity index (χ1n) is 9.25. The molecule has 0 radical (unpaired) electrons. The van der Waals surface area contributed by atoms with Gasteiger partial charge in [0.1, 0.15) is 0 Å². The van der Waals surface area contributed by atoms with Crippen molar-refractivity contribution in [2.45, 2.75) is 6.92 Å². The van der Waals surface area contributed by atoms with Crippen LogP contribution in [0.2, 0.25) is 0 Å². The molecule has 156 valence electrons. The van der Waals surface area contributed by atoms with E-state index in [0.29, 0.717) is 29.2 Å². The van der Waals surface area contributed by atoms with E-state index in [1.807, 2.05) is 31.2 Å². The summed E-state index contributed by atoms with van der Waals surface area (Å²) < 4.78 is 17.4. The first-order valence-corrected chi connectivity index (χ1v) is 10.0. The Morgan fingerprint density at radius 3 is 2.67 bits per heavy atom. The molecule has 0 spiro atoms. The number of cyclic esters (lactones) is 1. The lowest BCUT2D eigenvalue weighted by molar-refractivity contribution is -0.131. The molecule has 2 aromatic carbocycles. The molecule has 7 nitrogen and oxygen atoms in total. The molecule has 30 heavy (non-hydrogen) atoms. The number of amides is 1. The Morgan fingerprint density at radius 2 is 1.97 bits per heavy atom. The number of benzene rings is 2. The molecule has 0 bridgehead atoms. The summed E-state index contributed by atoms with van der Waals surface area (Å²) in [5.74, 6) is 0.480. The number of hydrogen-bond donors (Lipinski definition) is 0. The lowest BCUT2D eigenvalue weighted by atomic mass is 10.1. The second-order valence-corrected chi connectivity index (χ2v) is 7.48. The molecule has 0 atom stereocenters. The second kappa shape index (κ2) is 9.58. The van der Waals surface area contributed by atoms with Gasteiger partial charge in [0.05, 0.1) is 6.61 Å². The van der Waals surface area contributed by atoms with E-state index in [4.69, 9.17) is 14.2 Å². The van der Waals surface area contributed by atoms with Crippen molar-refractivity contribution in [3.8, 4) is 11.5 Å². The van der Waals surface area contributed by atoms with Gasteiger partial charge in [0.15, 0.2) is 23.8 Å². The van der Waals surface area contributed by atoms with Gasteiger partial charge < -0.3 is 19.1 Å². The molecular formula is C22H21BrN2O5. The summed E-state index contributed by atoms with van der Waals surface area (Å²) in [7, 11) is 3.32. The highest BCUT2D eigenvalue weighted by Crippen LogP contribution is 2.30. The molecule has 0 saturated heterocycles. The van der Waals surface area contributed by atoms with Gasteiger partial charge in [0, 0.05) is 24.1 Å². The van der Waals surface area contributed by atoms with Crippen molar-refractivity contribution in [3.63, 3.8) is 0 Å². The van der Waals surface area contributed by atoms with Crippen LogP contribution in [0.25, 0.3) is 6.08 Å². The molecule has 0 aliphatic carbocycles. The number of carbonyl (C=O) groups is 2. The van der Waals surface area contributed by atoms with Crippen LogP contribution in [-0.4, -0.2) is 50.0 Å². The number of carbonyl (C=O) groups excluding carboxylic acids is 2. The van der Waals surface area contributed by atoms with E-state index in [1.54, 1.807) is 38.4 Å². The zero-order valence-corrected chi connectivity index (χ0v) is 18.4. The highest BCUT2D eigenvalue weighted by Gasteiger charge is 2.24. The summed E-state index contributed by atoms with van der Waals surface area (Å²) in [6, 6.07) is 12.5. The zero-order valence-electron chi connectivity index (χ0n) is 16.8. The fourth-order valence-corrected chi connectivity index (χ4v) is 2.98. The number of esters is 1.